The quantitative estimate of drug-likeness (QED) is 0.286. The van der Waals surface area contributed by atoms with Gasteiger partial charge in [-0.2, -0.15) is 4.99 Å². The number of carbonyl (C=O) groups excluding carboxylic acids is 1. The molecule has 0 aliphatic carbocycles. The first-order valence-corrected chi connectivity index (χ1v) is 12.4. The summed E-state index contributed by atoms with van der Waals surface area (Å²) >= 11 is 1.11. The summed E-state index contributed by atoms with van der Waals surface area (Å²) in [6, 6.07) is 16.9. The zero-order valence-electron chi connectivity index (χ0n) is 18.9. The number of aromatic nitrogens is 1. The first-order valence-electron chi connectivity index (χ1n) is 10.2. The highest BCUT2D eigenvalue weighted by molar-refractivity contribution is 7.92. The Hall–Kier alpha value is -4.03. The topological polar surface area (TPSA) is 124 Å². The fourth-order valence-electron chi connectivity index (χ4n) is 3.45. The minimum Gasteiger partial charge on any atom is -0.494 e. The summed E-state index contributed by atoms with van der Waals surface area (Å²) in [5, 5.41) is 11.2. The SMILES string of the molecule is COc1cc([N+](=O)[O-])cc2sc(=NC(=O)c3ccc(S(=O)(=O)N(C)c4ccccc4)cc3)n(C)c12. The van der Waals surface area contributed by atoms with Crippen molar-refractivity contribution in [3.8, 4) is 5.75 Å². The lowest BCUT2D eigenvalue weighted by Gasteiger charge is -2.19. The van der Waals surface area contributed by atoms with Crippen LogP contribution >= 0.6 is 11.3 Å². The number of hydrogen-bond acceptors (Lipinski definition) is 7. The van der Waals surface area contributed by atoms with Gasteiger partial charge < -0.3 is 9.30 Å². The van der Waals surface area contributed by atoms with Crippen LogP contribution in [0.2, 0.25) is 0 Å². The molecule has 1 heterocycles. The summed E-state index contributed by atoms with van der Waals surface area (Å²) in [5.74, 6) is -0.292. The van der Waals surface area contributed by atoms with Gasteiger partial charge in [0.25, 0.3) is 21.6 Å². The largest absolute Gasteiger partial charge is 0.494 e. The molecule has 180 valence electrons. The van der Waals surface area contributed by atoms with Gasteiger partial charge in [0.15, 0.2) is 10.6 Å². The van der Waals surface area contributed by atoms with Gasteiger partial charge in [-0.25, -0.2) is 8.42 Å². The number of nitro groups is 1. The van der Waals surface area contributed by atoms with Crippen LogP contribution in [0.4, 0.5) is 11.4 Å². The highest BCUT2D eigenvalue weighted by Gasteiger charge is 2.22. The van der Waals surface area contributed by atoms with Crippen LogP contribution in [0, 0.1) is 10.1 Å². The van der Waals surface area contributed by atoms with Crippen molar-refractivity contribution in [1.82, 2.24) is 4.57 Å². The fraction of sp³-hybridized carbons (Fsp3) is 0.130. The summed E-state index contributed by atoms with van der Waals surface area (Å²) in [7, 11) is 0.722. The molecule has 0 N–H and O–H groups in total. The molecular formula is C23H20N4O6S2. The summed E-state index contributed by atoms with van der Waals surface area (Å²) in [6.45, 7) is 0. The van der Waals surface area contributed by atoms with Crippen LogP contribution < -0.4 is 13.8 Å². The molecular weight excluding hydrogens is 492 g/mol. The molecule has 10 nitrogen and oxygen atoms in total. The van der Waals surface area contributed by atoms with Gasteiger partial charge in [-0.1, -0.05) is 29.5 Å². The first-order chi connectivity index (χ1) is 16.6. The van der Waals surface area contributed by atoms with Crippen molar-refractivity contribution < 1.29 is 22.9 Å². The van der Waals surface area contributed by atoms with E-state index in [1.165, 1.54) is 50.6 Å². The van der Waals surface area contributed by atoms with Crippen LogP contribution in [0.25, 0.3) is 10.2 Å². The highest BCUT2D eigenvalue weighted by atomic mass is 32.2. The third kappa shape index (κ3) is 4.53. The minimum atomic E-state index is -3.82. The molecule has 0 fully saturated rings. The molecule has 0 saturated carbocycles. The number of amides is 1. The molecule has 0 atom stereocenters. The van der Waals surface area contributed by atoms with Gasteiger partial charge in [-0.05, 0) is 36.4 Å². The number of sulfonamides is 1. The van der Waals surface area contributed by atoms with Gasteiger partial charge in [-0.3, -0.25) is 19.2 Å². The average molecular weight is 513 g/mol. The van der Waals surface area contributed by atoms with Gasteiger partial charge in [0.2, 0.25) is 0 Å². The summed E-state index contributed by atoms with van der Waals surface area (Å²) in [6.07, 6.45) is 0. The number of rotatable bonds is 6. The lowest BCUT2D eigenvalue weighted by Crippen LogP contribution is -2.26. The summed E-state index contributed by atoms with van der Waals surface area (Å²) in [5.41, 5.74) is 1.14. The van der Waals surface area contributed by atoms with Crippen molar-refractivity contribution in [2.24, 2.45) is 12.0 Å². The highest BCUT2D eigenvalue weighted by Crippen LogP contribution is 2.32. The molecule has 0 radical (unpaired) electrons. The van der Waals surface area contributed by atoms with E-state index >= 15 is 0 Å². The van der Waals surface area contributed by atoms with E-state index in [2.05, 4.69) is 4.99 Å². The van der Waals surface area contributed by atoms with E-state index in [1.807, 2.05) is 0 Å². The standard InChI is InChI=1S/C23H20N4O6S2/c1-25-21-19(33-3)13-17(27(29)30)14-20(21)34-23(25)24-22(28)15-9-11-18(12-10-15)35(31,32)26(2)16-7-5-4-6-8-16/h4-14H,1-3H3. The lowest BCUT2D eigenvalue weighted by atomic mass is 10.2. The van der Waals surface area contributed by atoms with Crippen molar-refractivity contribution in [2.75, 3.05) is 18.5 Å². The Balaban J connectivity index is 1.67. The maximum Gasteiger partial charge on any atom is 0.279 e. The second-order valence-corrected chi connectivity index (χ2v) is 10.4. The van der Waals surface area contributed by atoms with Crippen LogP contribution in [0.5, 0.6) is 5.75 Å². The molecule has 0 aliphatic heterocycles. The number of para-hydroxylation sites is 1. The number of carbonyl (C=O) groups is 1. The van der Waals surface area contributed by atoms with E-state index in [4.69, 9.17) is 4.74 Å². The van der Waals surface area contributed by atoms with E-state index in [1.54, 1.807) is 41.9 Å². The Morgan fingerprint density at radius 3 is 2.37 bits per heavy atom. The Kier molecular flexibility index (Phi) is 6.41. The van der Waals surface area contributed by atoms with Crippen molar-refractivity contribution in [3.05, 3.63) is 87.2 Å². The van der Waals surface area contributed by atoms with Gasteiger partial charge in [0, 0.05) is 25.7 Å². The molecule has 0 bridgehead atoms. The van der Waals surface area contributed by atoms with Crippen LogP contribution in [0.3, 0.4) is 0 Å². The number of benzene rings is 3. The number of thiazole rings is 1. The fourth-order valence-corrected chi connectivity index (χ4v) is 5.72. The third-order valence-corrected chi connectivity index (χ3v) is 8.23. The van der Waals surface area contributed by atoms with Crippen molar-refractivity contribution in [2.45, 2.75) is 4.90 Å². The molecule has 35 heavy (non-hydrogen) atoms. The van der Waals surface area contributed by atoms with Crippen LogP contribution in [0.15, 0.2) is 76.6 Å². The minimum absolute atomic E-state index is 0.0323. The van der Waals surface area contributed by atoms with Crippen molar-refractivity contribution in [1.29, 1.82) is 0 Å². The number of fused-ring (bicyclic) bond motifs is 1. The Labute approximate surface area is 204 Å². The van der Waals surface area contributed by atoms with Crippen LogP contribution in [-0.4, -0.2) is 38.0 Å². The monoisotopic (exact) mass is 512 g/mol. The third-order valence-electron chi connectivity index (χ3n) is 5.36. The van der Waals surface area contributed by atoms with E-state index in [0.717, 1.165) is 15.6 Å². The molecule has 4 rings (SSSR count). The molecule has 4 aromatic rings. The van der Waals surface area contributed by atoms with Crippen LogP contribution in [0.1, 0.15) is 10.4 Å². The number of non-ortho nitro benzene ring substituents is 1. The summed E-state index contributed by atoms with van der Waals surface area (Å²) in [4.78, 5) is 28.0. The zero-order valence-corrected chi connectivity index (χ0v) is 20.5. The first kappa shape index (κ1) is 24.1. The van der Waals surface area contributed by atoms with Crippen molar-refractivity contribution >= 4 is 48.9 Å². The number of hydrogen-bond donors (Lipinski definition) is 0. The second kappa shape index (κ2) is 9.31. The predicted molar refractivity (Wildman–Crippen MR) is 132 cm³/mol. The number of ether oxygens (including phenoxy) is 1. The van der Waals surface area contributed by atoms with E-state index in [-0.39, 0.29) is 16.1 Å². The van der Waals surface area contributed by atoms with Gasteiger partial charge in [0.1, 0.15) is 5.52 Å². The van der Waals surface area contributed by atoms with Gasteiger partial charge in [-0.15, -0.1) is 0 Å². The van der Waals surface area contributed by atoms with E-state index in [0.29, 0.717) is 26.5 Å². The zero-order chi connectivity index (χ0) is 25.3. The molecule has 0 aliphatic rings. The number of nitro benzene ring substituents is 1. The number of nitrogens with zero attached hydrogens (tertiary/aromatic N) is 4. The molecule has 1 aromatic heterocycles. The predicted octanol–water partition coefficient (Wildman–Crippen LogP) is 3.72. The molecule has 0 saturated heterocycles. The van der Waals surface area contributed by atoms with Crippen LogP contribution in [-0.2, 0) is 17.1 Å². The second-order valence-electron chi connectivity index (χ2n) is 7.44. The molecule has 0 unspecified atom stereocenters. The Bertz CT molecular complexity index is 1610. The lowest BCUT2D eigenvalue weighted by molar-refractivity contribution is -0.384. The van der Waals surface area contributed by atoms with Gasteiger partial charge in [0.05, 0.1) is 33.4 Å². The Morgan fingerprint density at radius 2 is 1.77 bits per heavy atom. The summed E-state index contributed by atoms with van der Waals surface area (Å²) < 4.78 is 34.5. The Morgan fingerprint density at radius 1 is 1.11 bits per heavy atom. The normalized spacial score (nSPS) is 12.0. The van der Waals surface area contributed by atoms with E-state index < -0.39 is 20.9 Å². The number of aryl methyl sites for hydroxylation is 1. The number of methoxy groups -OCH3 is 1. The molecule has 0 spiro atoms. The maximum atomic E-state index is 12.9. The molecule has 3 aromatic carbocycles. The average Bonchev–Trinajstić information content (AvgIpc) is 3.18. The number of anilines is 1. The smallest absolute Gasteiger partial charge is 0.279 e. The van der Waals surface area contributed by atoms with E-state index in [9.17, 15) is 23.3 Å². The van der Waals surface area contributed by atoms with Crippen molar-refractivity contribution in [3.63, 3.8) is 0 Å². The molecule has 12 heteroatoms. The molecule has 1 amide bonds. The van der Waals surface area contributed by atoms with Gasteiger partial charge >= 0.3 is 0 Å². The maximum absolute atomic E-state index is 12.9.